The number of fused-ring (bicyclic) bond motifs is 6. The molecule has 0 radical (unpaired) electrons. The molecule has 2 atom stereocenters. The van der Waals surface area contributed by atoms with Crippen LogP contribution in [0.15, 0.2) is 48.5 Å². The van der Waals surface area contributed by atoms with Gasteiger partial charge in [0.1, 0.15) is 5.82 Å². The Morgan fingerprint density at radius 3 is 2.78 bits per heavy atom. The van der Waals surface area contributed by atoms with E-state index in [1.54, 1.807) is 41.3 Å². The second-order valence-corrected chi connectivity index (χ2v) is 11.9. The van der Waals surface area contributed by atoms with Gasteiger partial charge in [-0.15, -0.1) is 0 Å². The predicted octanol–water partition coefficient (Wildman–Crippen LogP) is 6.30. The molecule has 4 amide bonds. The van der Waals surface area contributed by atoms with Crippen molar-refractivity contribution in [1.82, 2.24) is 9.88 Å². The molecule has 240 valence electrons. The fraction of sp³-hybridized carbons (Fsp3) is 0.382. The van der Waals surface area contributed by atoms with Gasteiger partial charge in [-0.2, -0.15) is 0 Å². The zero-order valence-electron chi connectivity index (χ0n) is 25.8. The molecule has 3 N–H and O–H groups in total. The molecular weight excluding hydrogens is 593 g/mol. The number of carbonyl (C=O) groups excluding carboxylic acids is 4. The Kier molecular flexibility index (Phi) is 8.61. The minimum Gasteiger partial charge on any atom is -0.453 e. The molecule has 3 aliphatic heterocycles. The lowest BCUT2D eigenvalue weighted by Crippen LogP contribution is -2.44. The van der Waals surface area contributed by atoms with E-state index in [9.17, 15) is 19.2 Å². The molecule has 1 fully saturated rings. The Labute approximate surface area is 265 Å². The van der Waals surface area contributed by atoms with Crippen LogP contribution in [0.2, 0.25) is 0 Å². The molecule has 3 aliphatic rings. The number of rotatable bonds is 4. The molecular formula is C34H36FN5O6. The quantitative estimate of drug-likeness (QED) is 0.308. The normalized spacial score (nSPS) is 20.7. The first-order valence-corrected chi connectivity index (χ1v) is 15.6. The van der Waals surface area contributed by atoms with Gasteiger partial charge in [0.05, 0.1) is 47.9 Å². The van der Waals surface area contributed by atoms with Crippen molar-refractivity contribution in [2.24, 2.45) is 0 Å². The van der Waals surface area contributed by atoms with Crippen molar-refractivity contribution in [3.63, 3.8) is 0 Å². The Morgan fingerprint density at radius 2 is 1.98 bits per heavy atom. The van der Waals surface area contributed by atoms with E-state index < -0.39 is 29.5 Å². The van der Waals surface area contributed by atoms with Crippen molar-refractivity contribution in [3.8, 4) is 11.3 Å². The number of hydrogen-bond acceptors (Lipinski definition) is 7. The number of anilines is 3. The molecule has 1 saturated heterocycles. The molecule has 46 heavy (non-hydrogen) atoms. The number of aryl methyl sites for hydroxylation is 1. The van der Waals surface area contributed by atoms with Gasteiger partial charge in [0.25, 0.3) is 0 Å². The number of nitrogens with one attached hydrogen (secondary N) is 3. The molecule has 12 heteroatoms. The van der Waals surface area contributed by atoms with Crippen molar-refractivity contribution in [1.29, 1.82) is 0 Å². The minimum absolute atomic E-state index is 0.0240. The van der Waals surface area contributed by atoms with E-state index in [1.165, 1.54) is 7.11 Å². The summed E-state index contributed by atoms with van der Waals surface area (Å²) in [5.74, 6) is -1.43. The Hall–Kier alpha value is -5.00. The summed E-state index contributed by atoms with van der Waals surface area (Å²) in [5, 5.41) is 8.17. The summed E-state index contributed by atoms with van der Waals surface area (Å²) in [6, 6.07) is 13.9. The van der Waals surface area contributed by atoms with E-state index in [0.29, 0.717) is 65.3 Å². The predicted molar refractivity (Wildman–Crippen MR) is 169 cm³/mol. The topological polar surface area (TPSA) is 139 Å². The Balaban J connectivity index is 1.33. The second-order valence-electron chi connectivity index (χ2n) is 11.9. The summed E-state index contributed by atoms with van der Waals surface area (Å²) in [4.78, 5) is 58.1. The summed E-state index contributed by atoms with van der Waals surface area (Å²) in [5.41, 5.74) is 2.53. The monoisotopic (exact) mass is 629 g/mol. The van der Waals surface area contributed by atoms with Crippen LogP contribution in [0.25, 0.3) is 11.3 Å². The lowest BCUT2D eigenvalue weighted by molar-refractivity contribution is -0.133. The van der Waals surface area contributed by atoms with Crippen molar-refractivity contribution < 1.29 is 33.0 Å². The van der Waals surface area contributed by atoms with E-state index in [-0.39, 0.29) is 43.3 Å². The lowest BCUT2D eigenvalue weighted by atomic mass is 9.87. The molecule has 2 bridgehead atoms. The molecule has 11 nitrogen and oxygen atoms in total. The lowest BCUT2D eigenvalue weighted by Gasteiger charge is -2.36. The third-order valence-electron chi connectivity index (χ3n) is 8.84. The molecule has 4 heterocycles. The van der Waals surface area contributed by atoms with Gasteiger partial charge in [-0.05, 0) is 61.2 Å². The van der Waals surface area contributed by atoms with Crippen molar-refractivity contribution in [2.45, 2.75) is 63.4 Å². The van der Waals surface area contributed by atoms with E-state index in [1.807, 2.05) is 19.1 Å². The van der Waals surface area contributed by atoms with Gasteiger partial charge in [-0.25, -0.2) is 14.0 Å². The highest BCUT2D eigenvalue weighted by molar-refractivity contribution is 5.97. The van der Waals surface area contributed by atoms with Crippen molar-refractivity contribution >= 4 is 41.1 Å². The standard InChI is InChI=1S/C34H36FN5O6/c1-3-7-20-12-15-26-29(30(20)35)34(46-33(44)39-26)16-17-40(19-34)31(42)23-8-4-5-11-28(41)38-27-18-21(36-32(43)45-2)13-14-22(27)24-9-6-10-25(23)37-24/h6,9-10,12-15,18,23H,3-5,7-8,11,16-17,19H2,1-2H3,(H,36,43)(H,38,41)(H,39,44)/t23-,34+/m1/s1. The summed E-state index contributed by atoms with van der Waals surface area (Å²) < 4.78 is 26.4. The molecule has 0 aliphatic carbocycles. The first-order valence-electron chi connectivity index (χ1n) is 15.6. The van der Waals surface area contributed by atoms with Gasteiger partial charge in [0.2, 0.25) is 11.8 Å². The molecule has 1 aromatic heterocycles. The smallest absolute Gasteiger partial charge is 0.412 e. The minimum atomic E-state index is -1.30. The number of methoxy groups -OCH3 is 1. The van der Waals surface area contributed by atoms with Crippen LogP contribution < -0.4 is 16.0 Å². The molecule has 2 aromatic carbocycles. The number of amides is 4. The highest BCUT2D eigenvalue weighted by atomic mass is 19.1. The van der Waals surface area contributed by atoms with Gasteiger partial charge in [-0.3, -0.25) is 25.2 Å². The largest absolute Gasteiger partial charge is 0.453 e. The van der Waals surface area contributed by atoms with Crippen LogP contribution in [0.1, 0.15) is 68.2 Å². The average Bonchev–Trinajstić information content (AvgIpc) is 3.45. The molecule has 0 saturated carbocycles. The number of ether oxygens (including phenoxy) is 2. The van der Waals surface area contributed by atoms with Crippen LogP contribution in [0.5, 0.6) is 0 Å². The van der Waals surface area contributed by atoms with Crippen LogP contribution in [0.3, 0.4) is 0 Å². The van der Waals surface area contributed by atoms with Crippen molar-refractivity contribution in [3.05, 3.63) is 71.2 Å². The first kappa shape index (κ1) is 31.0. The maximum absolute atomic E-state index is 15.9. The molecule has 1 spiro atoms. The van der Waals surface area contributed by atoms with E-state index in [4.69, 9.17) is 14.5 Å². The van der Waals surface area contributed by atoms with E-state index in [2.05, 4.69) is 16.0 Å². The van der Waals surface area contributed by atoms with Gasteiger partial charge < -0.3 is 19.7 Å². The Morgan fingerprint density at radius 1 is 1.13 bits per heavy atom. The highest BCUT2D eigenvalue weighted by Crippen LogP contribution is 2.46. The number of benzene rings is 2. The number of hydrogen-bond donors (Lipinski definition) is 3. The maximum atomic E-state index is 15.9. The third-order valence-corrected chi connectivity index (χ3v) is 8.84. The number of pyridine rings is 1. The van der Waals surface area contributed by atoms with Crippen LogP contribution >= 0.6 is 0 Å². The zero-order valence-corrected chi connectivity index (χ0v) is 25.8. The average molecular weight is 630 g/mol. The van der Waals surface area contributed by atoms with Crippen LogP contribution in [-0.4, -0.2) is 54.1 Å². The second kappa shape index (κ2) is 12.8. The van der Waals surface area contributed by atoms with Gasteiger partial charge in [0, 0.05) is 30.6 Å². The van der Waals surface area contributed by atoms with Gasteiger partial charge in [-0.1, -0.05) is 31.9 Å². The van der Waals surface area contributed by atoms with E-state index >= 15 is 4.39 Å². The summed E-state index contributed by atoms with van der Waals surface area (Å²) in [7, 11) is 1.26. The zero-order chi connectivity index (χ0) is 32.4. The number of aromatic nitrogens is 1. The molecule has 6 rings (SSSR count). The number of halogens is 1. The maximum Gasteiger partial charge on any atom is 0.412 e. The van der Waals surface area contributed by atoms with Crippen LogP contribution in [-0.2, 0) is 31.1 Å². The third kappa shape index (κ3) is 5.99. The number of nitrogens with zero attached hydrogens (tertiary/aromatic N) is 2. The first-order chi connectivity index (χ1) is 22.2. The Bertz CT molecular complexity index is 1710. The van der Waals surface area contributed by atoms with Crippen LogP contribution in [0, 0.1) is 5.82 Å². The summed E-state index contributed by atoms with van der Waals surface area (Å²) >= 11 is 0. The van der Waals surface area contributed by atoms with E-state index in [0.717, 1.165) is 6.42 Å². The summed E-state index contributed by atoms with van der Waals surface area (Å²) in [6.07, 6.45) is 2.06. The highest BCUT2D eigenvalue weighted by Gasteiger charge is 2.51. The SMILES string of the molecule is CCCc1ccc2c(c1F)[C@@]1(CCN(C(=O)[C@@H]3CCCCC(=O)Nc4cc(NC(=O)OC)ccc4-c4cccc3n4)C1)OC(=O)N2. The van der Waals surface area contributed by atoms with Crippen LogP contribution in [0.4, 0.5) is 31.0 Å². The number of carbonyl (C=O) groups is 4. The molecule has 3 aromatic rings. The van der Waals surface area contributed by atoms with Gasteiger partial charge in [0.15, 0.2) is 5.60 Å². The molecule has 0 unspecified atom stereocenters. The number of likely N-dealkylation sites (tertiary alicyclic amines) is 1. The summed E-state index contributed by atoms with van der Waals surface area (Å²) in [6.45, 7) is 2.27. The van der Waals surface area contributed by atoms with Crippen molar-refractivity contribution in [2.75, 3.05) is 36.1 Å². The fourth-order valence-corrected chi connectivity index (χ4v) is 6.63. The fourth-order valence-electron chi connectivity index (χ4n) is 6.63. The van der Waals surface area contributed by atoms with Gasteiger partial charge >= 0.3 is 12.2 Å².